The molecule has 4 rings (SSSR count). The van der Waals surface area contributed by atoms with Crippen molar-refractivity contribution in [2.45, 2.75) is 103 Å². The number of hydrogen-bond acceptors (Lipinski definition) is 18. The molecule has 0 unspecified atom stereocenters. The smallest absolute Gasteiger partial charge is 0.349 e. The lowest BCUT2D eigenvalue weighted by molar-refractivity contribution is -0.135. The first-order chi connectivity index (χ1) is 32.9. The highest BCUT2D eigenvalue weighted by atomic mass is 33.1. The quantitative estimate of drug-likeness (QED) is 0.109. The number of amides is 10. The van der Waals surface area contributed by atoms with E-state index in [1.807, 2.05) is 0 Å². The van der Waals surface area contributed by atoms with Gasteiger partial charge in [0.25, 0.3) is 0 Å². The fourth-order valence-corrected chi connectivity index (χ4v) is 8.81. The Morgan fingerprint density at radius 2 is 0.929 bits per heavy atom. The van der Waals surface area contributed by atoms with Gasteiger partial charge in [-0.2, -0.15) is 9.97 Å². The largest absolute Gasteiger partial charge is 0.383 e. The molecule has 0 aromatic carbocycles. The van der Waals surface area contributed by atoms with E-state index >= 15 is 0 Å². The summed E-state index contributed by atoms with van der Waals surface area (Å²) in [6, 6.07) is -8.91. The average Bonchev–Trinajstić information content (AvgIpc) is 3.28. The molecular weight excluding hydrogens is 961 g/mol. The first kappa shape index (κ1) is 55.4. The first-order valence-electron chi connectivity index (χ1n) is 21.8. The number of nitrogens with zero attached hydrogens (tertiary/aromatic N) is 4. The third kappa shape index (κ3) is 16.2. The molecule has 0 spiro atoms. The standard InChI is InChI=1S/C40H58N16O12S2/c1-17(2)29-37(65)43-11-21(47-27(57)13-55-9-7-25(41)51-39(55)67)33(61)45-20(6)32(60)50-24-16-70-69-15-23(35(63)53-29)49-31(59)19(5)46-34(62)22(12-44-38(66)30(18(3)4)54-36(24)64)48-28(58)14-56-10-8-26(42)52-40(56)68/h7-10,17-24,29-30H,11-16H2,1-6H3,(H,43,65)(H,44,66)(H,45,61)(H,46,62)(H,47,57)(H,48,58)(H,49,59)(H,50,60)(H,53,63)(H,54,64)(H2,41,51,67)(H2,42,52,68)/t19-,20-,21-,22-,23-,24-,29-,30-/m0/s1. The van der Waals surface area contributed by atoms with E-state index in [0.717, 1.165) is 30.7 Å². The number of nitrogens with one attached hydrogen (secondary N) is 10. The molecular formula is C40H58N16O12S2. The Kier molecular flexibility index (Phi) is 20.1. The molecule has 2 fully saturated rings. The molecule has 2 aliphatic heterocycles. The fraction of sp³-hybridized carbons (Fsp3) is 0.550. The second-order valence-corrected chi connectivity index (χ2v) is 19.4. The van der Waals surface area contributed by atoms with Gasteiger partial charge in [-0.3, -0.25) is 57.1 Å². The summed E-state index contributed by atoms with van der Waals surface area (Å²) in [4.78, 5) is 169. The summed E-state index contributed by atoms with van der Waals surface area (Å²) < 4.78 is 1.81. The average molecular weight is 1020 g/mol. The van der Waals surface area contributed by atoms with E-state index in [-0.39, 0.29) is 23.1 Å². The third-order valence-corrected chi connectivity index (χ3v) is 12.9. The number of carbonyl (C=O) groups is 10. The molecule has 0 radical (unpaired) electrons. The van der Waals surface area contributed by atoms with Gasteiger partial charge in [0.15, 0.2) is 0 Å². The third-order valence-electron chi connectivity index (χ3n) is 10.5. The maximum absolute atomic E-state index is 14.1. The van der Waals surface area contributed by atoms with Gasteiger partial charge in [-0.1, -0.05) is 49.3 Å². The van der Waals surface area contributed by atoms with Crippen molar-refractivity contribution in [1.82, 2.24) is 72.3 Å². The van der Waals surface area contributed by atoms with Crippen molar-refractivity contribution in [1.29, 1.82) is 0 Å². The summed E-state index contributed by atoms with van der Waals surface area (Å²) in [6.07, 6.45) is 2.40. The van der Waals surface area contributed by atoms with Crippen molar-refractivity contribution in [2.24, 2.45) is 11.8 Å². The molecule has 10 amide bonds. The minimum Gasteiger partial charge on any atom is -0.383 e. The number of carbonyl (C=O) groups excluding carboxylic acids is 10. The summed E-state index contributed by atoms with van der Waals surface area (Å²) in [7, 11) is 1.99. The van der Waals surface area contributed by atoms with Crippen LogP contribution in [0.25, 0.3) is 0 Å². The molecule has 4 heterocycles. The van der Waals surface area contributed by atoms with Crippen LogP contribution in [0.4, 0.5) is 11.6 Å². The lowest BCUT2D eigenvalue weighted by Gasteiger charge is -2.29. The zero-order valence-electron chi connectivity index (χ0n) is 39.0. The summed E-state index contributed by atoms with van der Waals surface area (Å²) in [5, 5.41) is 25.1. The van der Waals surface area contributed by atoms with Crippen molar-refractivity contribution in [2.75, 3.05) is 36.1 Å². The van der Waals surface area contributed by atoms with E-state index in [2.05, 4.69) is 63.1 Å². The Labute approximate surface area is 407 Å². The zero-order chi connectivity index (χ0) is 52.0. The molecule has 2 saturated heterocycles. The predicted octanol–water partition coefficient (Wildman–Crippen LogP) is -6.46. The fourth-order valence-electron chi connectivity index (χ4n) is 6.49. The first-order valence-corrected chi connectivity index (χ1v) is 24.3. The molecule has 28 nitrogen and oxygen atoms in total. The van der Waals surface area contributed by atoms with Crippen molar-refractivity contribution >= 4 is 92.3 Å². The van der Waals surface area contributed by atoms with Gasteiger partial charge >= 0.3 is 11.4 Å². The molecule has 14 N–H and O–H groups in total. The van der Waals surface area contributed by atoms with Gasteiger partial charge in [-0.05, 0) is 37.8 Å². The molecule has 70 heavy (non-hydrogen) atoms. The number of anilines is 2. The Balaban J connectivity index is 1.71. The van der Waals surface area contributed by atoms with Gasteiger partial charge in [0.05, 0.1) is 0 Å². The number of aromatic nitrogens is 4. The molecule has 8 atom stereocenters. The SMILES string of the molecule is CC(C)[C@@H]1NC(=O)[C@@H]2CSSC[C@H](NC(=O)[C@H](C)NC(=O)[C@@H](NC(=O)Cn3ccc(N)nc3=O)CNC1=O)C(=O)N[C@@H](C(C)C)C(=O)NC[C@H](NC(=O)Cn1ccc(N)nc1=O)C(=O)N[C@@H](C)C(=O)N2. The summed E-state index contributed by atoms with van der Waals surface area (Å²) >= 11 is 0. The van der Waals surface area contributed by atoms with Crippen molar-refractivity contribution in [3.8, 4) is 0 Å². The molecule has 2 aliphatic rings. The Morgan fingerprint density at radius 3 is 1.26 bits per heavy atom. The van der Waals surface area contributed by atoms with Crippen LogP contribution in [0.3, 0.4) is 0 Å². The van der Waals surface area contributed by atoms with Gasteiger partial charge in [-0.25, -0.2) is 9.59 Å². The summed E-state index contributed by atoms with van der Waals surface area (Å²) in [5.74, 6) is -10.8. The molecule has 382 valence electrons. The second-order valence-electron chi connectivity index (χ2n) is 16.9. The van der Waals surface area contributed by atoms with E-state index in [1.54, 1.807) is 27.7 Å². The lowest BCUT2D eigenvalue weighted by Crippen LogP contribution is -2.62. The normalized spacial score (nSPS) is 25.1. The molecule has 2 aromatic heterocycles. The van der Waals surface area contributed by atoms with Crippen LogP contribution >= 0.6 is 21.6 Å². The van der Waals surface area contributed by atoms with Crippen molar-refractivity contribution in [3.05, 3.63) is 45.5 Å². The zero-order valence-corrected chi connectivity index (χ0v) is 40.6. The monoisotopic (exact) mass is 1020 g/mol. The van der Waals surface area contributed by atoms with E-state index < -0.39 is 157 Å². The van der Waals surface area contributed by atoms with Crippen LogP contribution in [-0.2, 0) is 61.0 Å². The van der Waals surface area contributed by atoms with Crippen LogP contribution in [0.1, 0.15) is 41.5 Å². The van der Waals surface area contributed by atoms with Crippen LogP contribution < -0.4 is 76.0 Å². The second kappa shape index (κ2) is 25.4. The topological polar surface area (TPSA) is 413 Å². The number of rotatable bonds is 8. The van der Waals surface area contributed by atoms with Crippen LogP contribution in [0.2, 0.25) is 0 Å². The minimum absolute atomic E-state index is 0.102. The molecule has 2 aromatic rings. The molecule has 0 saturated carbocycles. The van der Waals surface area contributed by atoms with Crippen LogP contribution in [0, 0.1) is 11.8 Å². The van der Waals surface area contributed by atoms with E-state index in [0.29, 0.717) is 0 Å². The van der Waals surface area contributed by atoms with Crippen LogP contribution in [-0.4, -0.2) is 151 Å². The van der Waals surface area contributed by atoms with Gasteiger partial charge in [0.1, 0.15) is 73.1 Å². The molecule has 30 heteroatoms. The molecule has 2 bridgehead atoms. The predicted molar refractivity (Wildman–Crippen MR) is 253 cm³/mol. The highest BCUT2D eigenvalue weighted by Gasteiger charge is 2.36. The Morgan fingerprint density at radius 1 is 0.571 bits per heavy atom. The Hall–Kier alpha value is -7.24. The lowest BCUT2D eigenvalue weighted by atomic mass is 10.0. The molecule has 0 aliphatic carbocycles. The van der Waals surface area contributed by atoms with E-state index in [4.69, 9.17) is 11.5 Å². The van der Waals surface area contributed by atoms with Crippen molar-refractivity contribution in [3.63, 3.8) is 0 Å². The van der Waals surface area contributed by atoms with Crippen LogP contribution in [0.5, 0.6) is 0 Å². The highest BCUT2D eigenvalue weighted by Crippen LogP contribution is 2.24. The van der Waals surface area contributed by atoms with E-state index in [9.17, 15) is 57.5 Å². The van der Waals surface area contributed by atoms with Crippen molar-refractivity contribution < 1.29 is 47.9 Å². The number of nitrogen functional groups attached to an aromatic ring is 2. The minimum atomic E-state index is -1.59. The maximum atomic E-state index is 14.1. The highest BCUT2D eigenvalue weighted by molar-refractivity contribution is 8.76. The van der Waals surface area contributed by atoms with Gasteiger partial charge in [-0.15, -0.1) is 0 Å². The Bertz CT molecular complexity index is 2290. The van der Waals surface area contributed by atoms with Gasteiger partial charge in [0, 0.05) is 37.0 Å². The number of nitrogens with two attached hydrogens (primary N) is 2. The van der Waals surface area contributed by atoms with E-state index in [1.165, 1.54) is 38.4 Å². The number of hydrogen-bond donors (Lipinski definition) is 12. The van der Waals surface area contributed by atoms with Crippen LogP contribution in [0.15, 0.2) is 34.1 Å². The summed E-state index contributed by atoms with van der Waals surface area (Å²) in [6.45, 7) is 6.48. The maximum Gasteiger partial charge on any atom is 0.349 e. The number of fused-ring (bicyclic) bond motifs is 5. The van der Waals surface area contributed by atoms with Gasteiger partial charge < -0.3 is 64.6 Å². The van der Waals surface area contributed by atoms with Gasteiger partial charge in [0.2, 0.25) is 59.1 Å². The summed E-state index contributed by atoms with van der Waals surface area (Å²) in [5.41, 5.74) is 9.35.